The smallest absolute Gasteiger partial charge is 0.255 e. The van der Waals surface area contributed by atoms with E-state index in [4.69, 9.17) is 11.6 Å². The van der Waals surface area contributed by atoms with Crippen molar-refractivity contribution in [2.45, 2.75) is 19.4 Å². The molecule has 1 N–H and O–H groups in total. The summed E-state index contributed by atoms with van der Waals surface area (Å²) in [5.74, 6) is -2.56. The molecular weight excluding hydrogens is 314 g/mol. The van der Waals surface area contributed by atoms with Gasteiger partial charge in [-0.1, -0.05) is 18.5 Å². The fourth-order valence-corrected chi connectivity index (χ4v) is 2.65. The Hall–Kier alpha value is -1.24. The summed E-state index contributed by atoms with van der Waals surface area (Å²) in [6.07, 6.45) is 0.312. The zero-order valence-corrected chi connectivity index (χ0v) is 13.1. The van der Waals surface area contributed by atoms with E-state index in [0.717, 1.165) is 12.1 Å². The van der Waals surface area contributed by atoms with Crippen molar-refractivity contribution in [2.24, 2.45) is 0 Å². The van der Waals surface area contributed by atoms with Gasteiger partial charge in [0.15, 0.2) is 11.6 Å². The minimum Gasteiger partial charge on any atom is -0.392 e. The summed E-state index contributed by atoms with van der Waals surface area (Å²) in [5, 5.41) is 9.55. The summed E-state index contributed by atoms with van der Waals surface area (Å²) >= 11 is 5.83. The average Bonchev–Trinajstić information content (AvgIpc) is 2.51. The molecule has 1 amide bonds. The predicted molar refractivity (Wildman–Crippen MR) is 80.0 cm³/mol. The molecular formula is C15H19ClF2N2O2. The van der Waals surface area contributed by atoms with E-state index in [1.165, 1.54) is 0 Å². The average molecular weight is 333 g/mol. The van der Waals surface area contributed by atoms with E-state index < -0.39 is 17.5 Å². The minimum absolute atomic E-state index is 0.0254. The third kappa shape index (κ3) is 3.94. The predicted octanol–water partition coefficient (Wildman–Crippen LogP) is 2.15. The first kappa shape index (κ1) is 17.1. The first-order chi connectivity index (χ1) is 10.4. The van der Waals surface area contributed by atoms with Crippen LogP contribution in [-0.4, -0.2) is 59.6 Å². The number of benzene rings is 1. The largest absolute Gasteiger partial charge is 0.392 e. The zero-order chi connectivity index (χ0) is 16.3. The summed E-state index contributed by atoms with van der Waals surface area (Å²) in [5.41, 5.74) is -0.0254. The second-order valence-corrected chi connectivity index (χ2v) is 5.81. The molecule has 7 heteroatoms. The minimum atomic E-state index is -1.09. The van der Waals surface area contributed by atoms with Crippen LogP contribution in [0.15, 0.2) is 12.1 Å². The van der Waals surface area contributed by atoms with Gasteiger partial charge in [0, 0.05) is 32.7 Å². The van der Waals surface area contributed by atoms with Crippen molar-refractivity contribution < 1.29 is 18.7 Å². The monoisotopic (exact) mass is 332 g/mol. The van der Waals surface area contributed by atoms with Gasteiger partial charge in [-0.15, -0.1) is 0 Å². The van der Waals surface area contributed by atoms with Gasteiger partial charge in [0.1, 0.15) is 0 Å². The molecule has 1 saturated heterocycles. The van der Waals surface area contributed by atoms with E-state index in [2.05, 4.69) is 4.90 Å². The van der Waals surface area contributed by atoms with Crippen molar-refractivity contribution in [1.29, 1.82) is 0 Å². The van der Waals surface area contributed by atoms with Gasteiger partial charge < -0.3 is 10.0 Å². The van der Waals surface area contributed by atoms with E-state index in [-0.39, 0.29) is 16.7 Å². The van der Waals surface area contributed by atoms with Gasteiger partial charge in [0.2, 0.25) is 0 Å². The Morgan fingerprint density at radius 1 is 1.27 bits per heavy atom. The van der Waals surface area contributed by atoms with E-state index in [1.807, 2.05) is 6.92 Å². The number of halogens is 3. The number of amides is 1. The molecule has 122 valence electrons. The normalized spacial score (nSPS) is 17.6. The molecule has 0 radical (unpaired) electrons. The van der Waals surface area contributed by atoms with Crippen LogP contribution in [0.2, 0.25) is 5.02 Å². The fraction of sp³-hybridized carbons (Fsp3) is 0.533. The number of aliphatic hydroxyl groups is 1. The van der Waals surface area contributed by atoms with Crippen LogP contribution >= 0.6 is 11.6 Å². The van der Waals surface area contributed by atoms with Crippen LogP contribution < -0.4 is 0 Å². The van der Waals surface area contributed by atoms with E-state index >= 15 is 0 Å². The van der Waals surface area contributed by atoms with Gasteiger partial charge in [-0.25, -0.2) is 8.78 Å². The van der Waals surface area contributed by atoms with Gasteiger partial charge in [0.25, 0.3) is 5.91 Å². The van der Waals surface area contributed by atoms with E-state index in [9.17, 15) is 18.7 Å². The molecule has 1 aromatic carbocycles. The molecule has 0 spiro atoms. The molecule has 0 saturated carbocycles. The number of carbonyl (C=O) groups is 1. The van der Waals surface area contributed by atoms with Crippen LogP contribution in [0.1, 0.15) is 23.7 Å². The van der Waals surface area contributed by atoms with Crippen LogP contribution in [-0.2, 0) is 0 Å². The zero-order valence-electron chi connectivity index (χ0n) is 12.4. The summed E-state index contributed by atoms with van der Waals surface area (Å²) in [6.45, 7) is 4.67. The van der Waals surface area contributed by atoms with Crippen LogP contribution in [0.4, 0.5) is 8.78 Å². The lowest BCUT2D eigenvalue weighted by Gasteiger charge is -2.35. The number of hydrogen-bond acceptors (Lipinski definition) is 3. The van der Waals surface area contributed by atoms with Crippen LogP contribution in [0, 0.1) is 11.6 Å². The Labute approximate surface area is 133 Å². The van der Waals surface area contributed by atoms with Crippen LogP contribution in [0.25, 0.3) is 0 Å². The van der Waals surface area contributed by atoms with Gasteiger partial charge in [-0.2, -0.15) is 0 Å². The topological polar surface area (TPSA) is 43.8 Å². The summed E-state index contributed by atoms with van der Waals surface area (Å²) < 4.78 is 26.3. The standard InChI is InChI=1S/C15H19ClF2N2O2/c1-2-10(21)9-19-3-5-20(6-4-19)15(22)11-7-13(17)14(18)8-12(11)16/h7-8,10,21H,2-6,9H2,1H3/t10-/m1/s1. The molecule has 1 atom stereocenters. The third-order valence-corrected chi connectivity index (χ3v) is 4.15. The quantitative estimate of drug-likeness (QED) is 0.859. The molecule has 0 bridgehead atoms. The first-order valence-electron chi connectivity index (χ1n) is 7.26. The molecule has 1 aliphatic rings. The Bertz CT molecular complexity index is 549. The first-order valence-corrected chi connectivity index (χ1v) is 7.64. The lowest BCUT2D eigenvalue weighted by molar-refractivity contribution is 0.0523. The Balaban J connectivity index is 1.99. The van der Waals surface area contributed by atoms with Crippen molar-refractivity contribution in [2.75, 3.05) is 32.7 Å². The molecule has 2 rings (SSSR count). The van der Waals surface area contributed by atoms with Gasteiger partial charge in [-0.05, 0) is 18.6 Å². The number of nitrogens with zero attached hydrogens (tertiary/aromatic N) is 2. The highest BCUT2D eigenvalue weighted by Gasteiger charge is 2.25. The highest BCUT2D eigenvalue weighted by molar-refractivity contribution is 6.33. The maximum absolute atomic E-state index is 13.3. The van der Waals surface area contributed by atoms with Crippen molar-refractivity contribution in [3.8, 4) is 0 Å². The van der Waals surface area contributed by atoms with Crippen molar-refractivity contribution in [3.63, 3.8) is 0 Å². The van der Waals surface area contributed by atoms with Gasteiger partial charge in [0.05, 0.1) is 16.7 Å². The molecule has 0 unspecified atom stereocenters. The number of piperazine rings is 1. The van der Waals surface area contributed by atoms with Crippen LogP contribution in [0.3, 0.4) is 0 Å². The molecule has 1 fully saturated rings. The molecule has 4 nitrogen and oxygen atoms in total. The Morgan fingerprint density at radius 2 is 1.86 bits per heavy atom. The number of β-amino-alcohol motifs (C(OH)–C–C–N with tert-alkyl or cyclic N) is 1. The molecule has 1 heterocycles. The van der Waals surface area contributed by atoms with E-state index in [0.29, 0.717) is 39.1 Å². The highest BCUT2D eigenvalue weighted by Crippen LogP contribution is 2.22. The molecule has 0 aromatic heterocycles. The van der Waals surface area contributed by atoms with E-state index in [1.54, 1.807) is 4.90 Å². The van der Waals surface area contributed by atoms with Crippen molar-refractivity contribution in [1.82, 2.24) is 9.80 Å². The molecule has 22 heavy (non-hydrogen) atoms. The third-order valence-electron chi connectivity index (χ3n) is 3.84. The Morgan fingerprint density at radius 3 is 2.45 bits per heavy atom. The lowest BCUT2D eigenvalue weighted by Crippen LogP contribution is -2.50. The number of hydrogen-bond donors (Lipinski definition) is 1. The summed E-state index contributed by atoms with van der Waals surface area (Å²) in [7, 11) is 0. The maximum atomic E-state index is 13.3. The van der Waals surface area contributed by atoms with Crippen molar-refractivity contribution in [3.05, 3.63) is 34.4 Å². The van der Waals surface area contributed by atoms with Gasteiger partial charge in [-0.3, -0.25) is 9.69 Å². The highest BCUT2D eigenvalue weighted by atomic mass is 35.5. The van der Waals surface area contributed by atoms with Crippen molar-refractivity contribution >= 4 is 17.5 Å². The lowest BCUT2D eigenvalue weighted by atomic mass is 10.1. The SMILES string of the molecule is CC[C@@H](O)CN1CCN(C(=O)c2cc(F)c(F)cc2Cl)CC1. The second kappa shape index (κ2) is 7.35. The van der Waals surface area contributed by atoms with Crippen LogP contribution in [0.5, 0.6) is 0 Å². The number of carbonyl (C=O) groups excluding carboxylic acids is 1. The fourth-order valence-electron chi connectivity index (χ4n) is 2.42. The number of aliphatic hydroxyl groups excluding tert-OH is 1. The molecule has 1 aromatic rings. The summed E-state index contributed by atoms with van der Waals surface area (Å²) in [4.78, 5) is 16.0. The molecule has 0 aliphatic carbocycles. The maximum Gasteiger partial charge on any atom is 0.255 e. The van der Waals surface area contributed by atoms with Gasteiger partial charge >= 0.3 is 0 Å². The number of rotatable bonds is 4. The Kier molecular flexibility index (Phi) is 5.72. The molecule has 1 aliphatic heterocycles. The second-order valence-electron chi connectivity index (χ2n) is 5.40. The summed E-state index contributed by atoms with van der Waals surface area (Å²) in [6, 6.07) is 1.66.